The number of carbonyl (C=O) groups excluding carboxylic acids is 1. The lowest BCUT2D eigenvalue weighted by atomic mass is 10.3. The molecule has 0 aliphatic rings. The summed E-state index contributed by atoms with van der Waals surface area (Å²) in [5, 5.41) is 6.55. The molecule has 0 aromatic carbocycles. The van der Waals surface area contributed by atoms with Crippen molar-refractivity contribution in [2.45, 2.75) is 13.0 Å². The number of rotatable bonds is 2. The fraction of sp³-hybridized carbons (Fsp3) is 0.429. The first-order chi connectivity index (χ1) is 5.65. The standard InChI is InChI=1S/C7H10BrN3O/c1-5(7(12)9-2)11-4-6(8)3-10-11/h3-5H,1-2H3,(H,9,12)/t5-/m1/s1. The maximum Gasteiger partial charge on any atom is 0.244 e. The maximum absolute atomic E-state index is 11.1. The molecule has 0 aliphatic carbocycles. The van der Waals surface area contributed by atoms with Crippen LogP contribution in [0.3, 0.4) is 0 Å². The zero-order valence-electron chi connectivity index (χ0n) is 6.91. The Bertz CT molecular complexity index is 284. The van der Waals surface area contributed by atoms with Crippen molar-refractivity contribution in [3.63, 3.8) is 0 Å². The van der Waals surface area contributed by atoms with E-state index in [0.717, 1.165) is 4.47 Å². The Labute approximate surface area is 79.1 Å². The fourth-order valence-corrected chi connectivity index (χ4v) is 1.16. The highest BCUT2D eigenvalue weighted by molar-refractivity contribution is 9.10. The predicted molar refractivity (Wildman–Crippen MR) is 48.7 cm³/mol. The van der Waals surface area contributed by atoms with Crippen LogP contribution in [0.4, 0.5) is 0 Å². The summed E-state index contributed by atoms with van der Waals surface area (Å²) in [6, 6.07) is -0.263. The Morgan fingerprint density at radius 3 is 2.92 bits per heavy atom. The summed E-state index contributed by atoms with van der Waals surface area (Å²) in [7, 11) is 1.61. The monoisotopic (exact) mass is 231 g/mol. The molecule has 66 valence electrons. The average molecular weight is 232 g/mol. The molecule has 12 heavy (non-hydrogen) atoms. The minimum absolute atomic E-state index is 0.0504. The lowest BCUT2D eigenvalue weighted by molar-refractivity contribution is -0.123. The van der Waals surface area contributed by atoms with Crippen molar-refractivity contribution in [2.75, 3.05) is 7.05 Å². The van der Waals surface area contributed by atoms with Gasteiger partial charge in [-0.15, -0.1) is 0 Å². The molecule has 4 nitrogen and oxygen atoms in total. The van der Waals surface area contributed by atoms with Crippen molar-refractivity contribution in [2.24, 2.45) is 0 Å². The van der Waals surface area contributed by atoms with E-state index in [4.69, 9.17) is 0 Å². The summed E-state index contributed by atoms with van der Waals surface area (Å²) >= 11 is 3.26. The van der Waals surface area contributed by atoms with Gasteiger partial charge in [-0.2, -0.15) is 5.10 Å². The molecule has 1 rings (SSSR count). The molecule has 1 amide bonds. The van der Waals surface area contributed by atoms with E-state index in [2.05, 4.69) is 26.3 Å². The molecule has 1 atom stereocenters. The van der Waals surface area contributed by atoms with Gasteiger partial charge < -0.3 is 5.32 Å². The average Bonchev–Trinajstić information content (AvgIpc) is 2.49. The fourth-order valence-electron chi connectivity index (χ4n) is 0.856. The van der Waals surface area contributed by atoms with Crippen molar-refractivity contribution < 1.29 is 4.79 Å². The molecule has 0 unspecified atom stereocenters. The first-order valence-electron chi connectivity index (χ1n) is 3.56. The second kappa shape index (κ2) is 3.71. The summed E-state index contributed by atoms with van der Waals surface area (Å²) < 4.78 is 2.47. The molecule has 0 aliphatic heterocycles. The largest absolute Gasteiger partial charge is 0.357 e. The van der Waals surface area contributed by atoms with Gasteiger partial charge in [-0.05, 0) is 22.9 Å². The van der Waals surface area contributed by atoms with E-state index in [1.54, 1.807) is 31.0 Å². The van der Waals surface area contributed by atoms with Crippen LogP contribution in [0.1, 0.15) is 13.0 Å². The summed E-state index contributed by atoms with van der Waals surface area (Å²) in [6.07, 6.45) is 3.42. The lowest BCUT2D eigenvalue weighted by Gasteiger charge is -2.09. The summed E-state index contributed by atoms with van der Waals surface area (Å²) in [5.74, 6) is -0.0504. The molecule has 5 heteroatoms. The molecular weight excluding hydrogens is 222 g/mol. The van der Waals surface area contributed by atoms with Gasteiger partial charge in [-0.25, -0.2) is 0 Å². The molecule has 1 aromatic heterocycles. The van der Waals surface area contributed by atoms with E-state index in [1.807, 2.05) is 0 Å². The Morgan fingerprint density at radius 2 is 2.50 bits per heavy atom. The van der Waals surface area contributed by atoms with Crippen LogP contribution in [0.25, 0.3) is 0 Å². The second-order valence-corrected chi connectivity index (χ2v) is 3.34. The number of nitrogens with one attached hydrogen (secondary N) is 1. The van der Waals surface area contributed by atoms with E-state index in [9.17, 15) is 4.79 Å². The van der Waals surface area contributed by atoms with Crippen LogP contribution in [-0.4, -0.2) is 22.7 Å². The molecule has 0 bridgehead atoms. The van der Waals surface area contributed by atoms with Gasteiger partial charge in [0.2, 0.25) is 5.91 Å². The first-order valence-corrected chi connectivity index (χ1v) is 4.35. The number of hydrogen-bond donors (Lipinski definition) is 1. The van der Waals surface area contributed by atoms with Crippen molar-refractivity contribution in [1.29, 1.82) is 0 Å². The molecule has 1 heterocycles. The maximum atomic E-state index is 11.1. The van der Waals surface area contributed by atoms with Crippen LogP contribution < -0.4 is 5.32 Å². The Balaban J connectivity index is 2.77. The van der Waals surface area contributed by atoms with Gasteiger partial charge in [0, 0.05) is 13.2 Å². The van der Waals surface area contributed by atoms with Crippen LogP contribution in [-0.2, 0) is 4.79 Å². The number of halogens is 1. The highest BCUT2D eigenvalue weighted by Crippen LogP contribution is 2.11. The molecule has 0 radical (unpaired) electrons. The van der Waals surface area contributed by atoms with Crippen LogP contribution in [0.5, 0.6) is 0 Å². The molecule has 1 N–H and O–H groups in total. The number of likely N-dealkylation sites (N-methyl/N-ethyl adjacent to an activating group) is 1. The number of carbonyl (C=O) groups is 1. The molecule has 1 aromatic rings. The second-order valence-electron chi connectivity index (χ2n) is 2.43. The molecular formula is C7H10BrN3O. The van der Waals surface area contributed by atoms with Crippen molar-refractivity contribution >= 4 is 21.8 Å². The van der Waals surface area contributed by atoms with E-state index >= 15 is 0 Å². The number of aromatic nitrogens is 2. The van der Waals surface area contributed by atoms with Gasteiger partial charge in [0.1, 0.15) is 6.04 Å². The quantitative estimate of drug-likeness (QED) is 0.825. The smallest absolute Gasteiger partial charge is 0.244 e. The predicted octanol–water partition coefficient (Wildman–Crippen LogP) is 0.953. The first kappa shape index (κ1) is 9.25. The molecule has 0 saturated heterocycles. The van der Waals surface area contributed by atoms with Crippen LogP contribution in [0, 0.1) is 0 Å². The third-order valence-electron chi connectivity index (χ3n) is 1.59. The van der Waals surface area contributed by atoms with Crippen LogP contribution in [0.15, 0.2) is 16.9 Å². The lowest BCUT2D eigenvalue weighted by Crippen LogP contribution is -2.27. The minimum atomic E-state index is -0.263. The van der Waals surface area contributed by atoms with E-state index in [1.165, 1.54) is 0 Å². The third-order valence-corrected chi connectivity index (χ3v) is 2.00. The van der Waals surface area contributed by atoms with Gasteiger partial charge in [-0.3, -0.25) is 9.48 Å². The molecule has 0 saturated carbocycles. The Hall–Kier alpha value is -0.840. The third kappa shape index (κ3) is 1.85. The SMILES string of the molecule is CNC(=O)[C@@H](C)n1cc(Br)cn1. The van der Waals surface area contributed by atoms with Crippen molar-refractivity contribution in [3.05, 3.63) is 16.9 Å². The van der Waals surface area contributed by atoms with Crippen molar-refractivity contribution in [1.82, 2.24) is 15.1 Å². The number of nitrogens with zero attached hydrogens (tertiary/aromatic N) is 2. The zero-order chi connectivity index (χ0) is 9.14. The Kier molecular flexibility index (Phi) is 2.86. The normalized spacial score (nSPS) is 12.6. The van der Waals surface area contributed by atoms with E-state index in [0.29, 0.717) is 0 Å². The van der Waals surface area contributed by atoms with E-state index < -0.39 is 0 Å². The summed E-state index contributed by atoms with van der Waals surface area (Å²) in [4.78, 5) is 11.1. The molecule has 0 spiro atoms. The van der Waals surface area contributed by atoms with E-state index in [-0.39, 0.29) is 11.9 Å². The van der Waals surface area contributed by atoms with Gasteiger partial charge in [-0.1, -0.05) is 0 Å². The van der Waals surface area contributed by atoms with Gasteiger partial charge in [0.25, 0.3) is 0 Å². The van der Waals surface area contributed by atoms with Crippen LogP contribution >= 0.6 is 15.9 Å². The molecule has 0 fully saturated rings. The highest BCUT2D eigenvalue weighted by Gasteiger charge is 2.13. The highest BCUT2D eigenvalue weighted by atomic mass is 79.9. The summed E-state index contributed by atoms with van der Waals surface area (Å²) in [6.45, 7) is 1.79. The van der Waals surface area contributed by atoms with Crippen LogP contribution in [0.2, 0.25) is 0 Å². The van der Waals surface area contributed by atoms with Crippen molar-refractivity contribution in [3.8, 4) is 0 Å². The van der Waals surface area contributed by atoms with Gasteiger partial charge >= 0.3 is 0 Å². The topological polar surface area (TPSA) is 46.9 Å². The number of hydrogen-bond acceptors (Lipinski definition) is 2. The Morgan fingerprint density at radius 1 is 1.83 bits per heavy atom. The van der Waals surface area contributed by atoms with Gasteiger partial charge in [0.05, 0.1) is 10.7 Å². The van der Waals surface area contributed by atoms with Gasteiger partial charge in [0.15, 0.2) is 0 Å². The zero-order valence-corrected chi connectivity index (χ0v) is 8.50. The number of amides is 1. The minimum Gasteiger partial charge on any atom is -0.357 e. The summed E-state index contributed by atoms with van der Waals surface area (Å²) in [5.41, 5.74) is 0.